The quantitative estimate of drug-likeness (QED) is 0.651. The third kappa shape index (κ3) is 5.64. The van der Waals surface area contributed by atoms with Gasteiger partial charge in [0.25, 0.3) is 0 Å². The van der Waals surface area contributed by atoms with E-state index in [-0.39, 0.29) is 0 Å². The van der Waals surface area contributed by atoms with Gasteiger partial charge in [-0.2, -0.15) is 11.3 Å². The molecule has 16 heavy (non-hydrogen) atoms. The standard InChI is InChI=1S/C13H24N2S/c1-12-10-16-11-13(12)9-15-8-6-4-2-3-5-7-14/h10-11,15H,2-9,14H2,1H3. The molecule has 0 aliphatic rings. The highest BCUT2D eigenvalue weighted by molar-refractivity contribution is 7.08. The number of unbranched alkanes of at least 4 members (excludes halogenated alkanes) is 4. The topological polar surface area (TPSA) is 38.0 Å². The maximum absolute atomic E-state index is 5.45. The third-order valence-corrected chi connectivity index (χ3v) is 3.74. The fourth-order valence-corrected chi connectivity index (χ4v) is 2.57. The van der Waals surface area contributed by atoms with Crippen LogP contribution in [-0.4, -0.2) is 13.1 Å². The third-order valence-electron chi connectivity index (χ3n) is 2.83. The number of rotatable bonds is 9. The second kappa shape index (κ2) is 8.74. The summed E-state index contributed by atoms with van der Waals surface area (Å²) >= 11 is 1.79. The Morgan fingerprint density at radius 2 is 1.88 bits per heavy atom. The monoisotopic (exact) mass is 240 g/mol. The predicted molar refractivity (Wildman–Crippen MR) is 72.9 cm³/mol. The van der Waals surface area contributed by atoms with Crippen molar-refractivity contribution in [2.24, 2.45) is 5.73 Å². The molecular formula is C13H24N2S. The summed E-state index contributed by atoms with van der Waals surface area (Å²) in [5.41, 5.74) is 8.32. The van der Waals surface area contributed by atoms with E-state index < -0.39 is 0 Å². The minimum absolute atomic E-state index is 0.843. The Hall–Kier alpha value is -0.380. The van der Waals surface area contributed by atoms with Crippen LogP contribution in [-0.2, 0) is 6.54 Å². The zero-order valence-corrected chi connectivity index (χ0v) is 11.1. The molecule has 92 valence electrons. The Kier molecular flexibility index (Phi) is 7.47. The highest BCUT2D eigenvalue weighted by Crippen LogP contribution is 2.12. The Morgan fingerprint density at radius 3 is 2.56 bits per heavy atom. The van der Waals surface area contributed by atoms with Gasteiger partial charge in [-0.1, -0.05) is 19.3 Å². The molecule has 0 spiro atoms. The Bertz CT molecular complexity index is 271. The van der Waals surface area contributed by atoms with Crippen LogP contribution < -0.4 is 11.1 Å². The van der Waals surface area contributed by atoms with Crippen molar-refractivity contribution in [1.82, 2.24) is 5.32 Å². The maximum Gasteiger partial charge on any atom is 0.0216 e. The van der Waals surface area contributed by atoms with Crippen LogP contribution in [0.1, 0.15) is 43.2 Å². The first-order valence-corrected chi connectivity index (χ1v) is 7.21. The average molecular weight is 240 g/mol. The number of aryl methyl sites for hydroxylation is 1. The molecule has 0 aliphatic carbocycles. The van der Waals surface area contributed by atoms with Crippen molar-refractivity contribution >= 4 is 11.3 Å². The molecule has 0 saturated heterocycles. The van der Waals surface area contributed by atoms with Crippen LogP contribution in [0.25, 0.3) is 0 Å². The molecule has 0 radical (unpaired) electrons. The van der Waals surface area contributed by atoms with E-state index in [4.69, 9.17) is 5.73 Å². The van der Waals surface area contributed by atoms with Crippen LogP contribution in [0.4, 0.5) is 0 Å². The van der Waals surface area contributed by atoms with Gasteiger partial charge in [0.1, 0.15) is 0 Å². The summed E-state index contributed by atoms with van der Waals surface area (Å²) in [6.45, 7) is 5.19. The van der Waals surface area contributed by atoms with E-state index in [0.717, 1.165) is 19.6 Å². The van der Waals surface area contributed by atoms with Crippen LogP contribution in [0.15, 0.2) is 10.8 Å². The Morgan fingerprint density at radius 1 is 1.12 bits per heavy atom. The highest BCUT2D eigenvalue weighted by Gasteiger charge is 1.97. The highest BCUT2D eigenvalue weighted by atomic mass is 32.1. The van der Waals surface area contributed by atoms with Gasteiger partial charge in [0, 0.05) is 6.54 Å². The molecule has 1 rings (SSSR count). The molecule has 0 aromatic carbocycles. The molecule has 1 heterocycles. The van der Waals surface area contributed by atoms with Gasteiger partial charge in [0.2, 0.25) is 0 Å². The van der Waals surface area contributed by atoms with Crippen molar-refractivity contribution in [3.05, 3.63) is 21.9 Å². The predicted octanol–water partition coefficient (Wildman–Crippen LogP) is 3.06. The van der Waals surface area contributed by atoms with Crippen molar-refractivity contribution in [2.75, 3.05) is 13.1 Å². The van der Waals surface area contributed by atoms with E-state index in [2.05, 4.69) is 23.0 Å². The van der Waals surface area contributed by atoms with E-state index in [1.807, 2.05) is 0 Å². The van der Waals surface area contributed by atoms with Gasteiger partial charge < -0.3 is 11.1 Å². The molecule has 3 N–H and O–H groups in total. The van der Waals surface area contributed by atoms with Crippen LogP contribution in [0.5, 0.6) is 0 Å². The molecular weight excluding hydrogens is 216 g/mol. The molecule has 1 aromatic heterocycles. The summed E-state index contributed by atoms with van der Waals surface area (Å²) in [5, 5.41) is 7.95. The van der Waals surface area contributed by atoms with Crippen molar-refractivity contribution in [3.8, 4) is 0 Å². The summed E-state index contributed by atoms with van der Waals surface area (Å²) < 4.78 is 0. The number of nitrogens with two attached hydrogens (primary N) is 1. The van der Waals surface area contributed by atoms with Crippen molar-refractivity contribution in [1.29, 1.82) is 0 Å². The lowest BCUT2D eigenvalue weighted by Crippen LogP contribution is -2.14. The number of hydrogen-bond acceptors (Lipinski definition) is 3. The van der Waals surface area contributed by atoms with Gasteiger partial charge >= 0.3 is 0 Å². The molecule has 0 saturated carbocycles. The fraction of sp³-hybridized carbons (Fsp3) is 0.692. The number of thiophene rings is 1. The summed E-state index contributed by atoms with van der Waals surface area (Å²) in [5.74, 6) is 0. The van der Waals surface area contributed by atoms with Crippen LogP contribution in [0.3, 0.4) is 0 Å². The smallest absolute Gasteiger partial charge is 0.0216 e. The first kappa shape index (κ1) is 13.7. The van der Waals surface area contributed by atoms with Crippen molar-refractivity contribution < 1.29 is 0 Å². The van der Waals surface area contributed by atoms with Crippen LogP contribution >= 0.6 is 11.3 Å². The Balaban J connectivity index is 1.91. The molecule has 0 atom stereocenters. The van der Waals surface area contributed by atoms with Gasteiger partial charge in [0.05, 0.1) is 0 Å². The minimum atomic E-state index is 0.843. The summed E-state index contributed by atoms with van der Waals surface area (Å²) in [4.78, 5) is 0. The molecule has 0 bridgehead atoms. The van der Waals surface area contributed by atoms with E-state index in [1.54, 1.807) is 11.3 Å². The summed E-state index contributed by atoms with van der Waals surface area (Å²) in [6, 6.07) is 0. The molecule has 0 unspecified atom stereocenters. The van der Waals surface area contributed by atoms with E-state index in [9.17, 15) is 0 Å². The lowest BCUT2D eigenvalue weighted by molar-refractivity contribution is 0.577. The van der Waals surface area contributed by atoms with Gasteiger partial charge in [-0.05, 0) is 54.7 Å². The SMILES string of the molecule is Cc1cscc1CNCCCCCCCN. The average Bonchev–Trinajstić information content (AvgIpc) is 2.68. The normalized spacial score (nSPS) is 10.9. The first-order valence-electron chi connectivity index (χ1n) is 6.27. The zero-order chi connectivity index (χ0) is 11.6. The molecule has 2 nitrogen and oxygen atoms in total. The van der Waals surface area contributed by atoms with Gasteiger partial charge in [-0.15, -0.1) is 0 Å². The van der Waals surface area contributed by atoms with Gasteiger partial charge in [-0.25, -0.2) is 0 Å². The van der Waals surface area contributed by atoms with Crippen molar-refractivity contribution in [3.63, 3.8) is 0 Å². The zero-order valence-electron chi connectivity index (χ0n) is 10.3. The molecule has 0 aliphatic heterocycles. The Labute approximate surface area is 103 Å². The lowest BCUT2D eigenvalue weighted by Gasteiger charge is -2.04. The molecule has 3 heteroatoms. The van der Waals surface area contributed by atoms with E-state index >= 15 is 0 Å². The van der Waals surface area contributed by atoms with Crippen LogP contribution in [0, 0.1) is 6.92 Å². The van der Waals surface area contributed by atoms with E-state index in [0.29, 0.717) is 0 Å². The van der Waals surface area contributed by atoms with Gasteiger partial charge in [-0.3, -0.25) is 0 Å². The second-order valence-corrected chi connectivity index (χ2v) is 5.06. The molecule has 0 amide bonds. The first-order chi connectivity index (χ1) is 7.84. The fourth-order valence-electron chi connectivity index (χ4n) is 1.72. The largest absolute Gasteiger partial charge is 0.330 e. The second-order valence-electron chi connectivity index (χ2n) is 4.31. The van der Waals surface area contributed by atoms with Gasteiger partial charge in [0.15, 0.2) is 0 Å². The maximum atomic E-state index is 5.45. The van der Waals surface area contributed by atoms with E-state index in [1.165, 1.54) is 43.2 Å². The number of nitrogens with one attached hydrogen (secondary N) is 1. The minimum Gasteiger partial charge on any atom is -0.330 e. The van der Waals surface area contributed by atoms with Crippen LogP contribution in [0.2, 0.25) is 0 Å². The summed E-state index contributed by atoms with van der Waals surface area (Å²) in [6.07, 6.45) is 6.42. The van der Waals surface area contributed by atoms with Crippen molar-refractivity contribution in [2.45, 2.75) is 45.6 Å². The lowest BCUT2D eigenvalue weighted by atomic mass is 10.1. The molecule has 1 aromatic rings. The molecule has 0 fully saturated rings. The summed E-state index contributed by atoms with van der Waals surface area (Å²) in [7, 11) is 0. The number of hydrogen-bond donors (Lipinski definition) is 2.